The lowest BCUT2D eigenvalue weighted by Gasteiger charge is -2.37. The van der Waals surface area contributed by atoms with E-state index in [9.17, 15) is 21.6 Å². The molecule has 0 spiro atoms. The first kappa shape index (κ1) is 26.1. The summed E-state index contributed by atoms with van der Waals surface area (Å²) in [6, 6.07) is 13.3. The second-order valence-electron chi connectivity index (χ2n) is 9.46. The molecule has 1 aliphatic heterocycles. The van der Waals surface area contributed by atoms with Gasteiger partial charge in [0, 0.05) is 34.9 Å². The summed E-state index contributed by atoms with van der Waals surface area (Å²) in [7, 11) is -3.64. The number of aromatic nitrogens is 3. The number of piperidine rings is 1. The van der Waals surface area contributed by atoms with Crippen LogP contribution in [0.1, 0.15) is 38.7 Å². The second-order valence-corrected chi connectivity index (χ2v) is 11.3. The number of anilines is 2. The maximum absolute atomic E-state index is 13.5. The Morgan fingerprint density at radius 3 is 2.34 bits per heavy atom. The summed E-state index contributed by atoms with van der Waals surface area (Å²) in [5.41, 5.74) is 0.327. The lowest BCUT2D eigenvalue weighted by Crippen LogP contribution is -2.47. The third-order valence-corrected chi connectivity index (χ3v) is 8.97. The van der Waals surface area contributed by atoms with Crippen molar-refractivity contribution >= 4 is 32.4 Å². The van der Waals surface area contributed by atoms with Gasteiger partial charge in [0.15, 0.2) is 0 Å². The monoisotopic (exact) mass is 541 g/mol. The van der Waals surface area contributed by atoms with Crippen molar-refractivity contribution in [1.29, 1.82) is 0 Å². The van der Waals surface area contributed by atoms with Crippen molar-refractivity contribution in [1.82, 2.24) is 19.3 Å². The Morgan fingerprint density at radius 2 is 1.66 bits per heavy atom. The SMILES string of the molecule is C[C@@H]1CCC[C@H](C)N1S(=O)(=O)c1ccc(Nc2ncnc3cc(-c4ncccc4C(F)(F)F)ccc23)cc1. The highest BCUT2D eigenvalue weighted by Crippen LogP contribution is 2.37. The molecule has 7 nitrogen and oxygen atoms in total. The van der Waals surface area contributed by atoms with Crippen LogP contribution in [0.2, 0.25) is 0 Å². The quantitative estimate of drug-likeness (QED) is 0.314. The number of benzene rings is 2. The van der Waals surface area contributed by atoms with Crippen LogP contribution < -0.4 is 5.32 Å². The van der Waals surface area contributed by atoms with Crippen molar-refractivity contribution < 1.29 is 21.6 Å². The summed E-state index contributed by atoms with van der Waals surface area (Å²) in [6.07, 6.45) is 0.776. The fourth-order valence-corrected chi connectivity index (χ4v) is 6.89. The zero-order chi connectivity index (χ0) is 27.1. The number of fused-ring (bicyclic) bond motifs is 1. The highest BCUT2D eigenvalue weighted by Gasteiger charge is 2.36. The Bertz CT molecular complexity index is 1570. The average molecular weight is 542 g/mol. The topological polar surface area (TPSA) is 88.1 Å². The van der Waals surface area contributed by atoms with Crippen molar-refractivity contribution in [3.8, 4) is 11.3 Å². The third kappa shape index (κ3) is 4.95. The molecule has 2 atom stereocenters. The van der Waals surface area contributed by atoms with Gasteiger partial charge in [0.05, 0.1) is 21.7 Å². The van der Waals surface area contributed by atoms with E-state index in [1.54, 1.807) is 40.7 Å². The van der Waals surface area contributed by atoms with E-state index in [4.69, 9.17) is 0 Å². The molecule has 1 saturated heterocycles. The predicted molar refractivity (Wildman–Crippen MR) is 139 cm³/mol. The molecule has 1 fully saturated rings. The van der Waals surface area contributed by atoms with Gasteiger partial charge in [0.2, 0.25) is 10.0 Å². The number of alkyl halides is 3. The fraction of sp³-hybridized carbons (Fsp3) is 0.296. The second kappa shape index (κ2) is 9.95. The number of hydrogen-bond acceptors (Lipinski definition) is 6. The highest BCUT2D eigenvalue weighted by atomic mass is 32.2. The molecule has 3 heterocycles. The van der Waals surface area contributed by atoms with Gasteiger partial charge >= 0.3 is 6.18 Å². The largest absolute Gasteiger partial charge is 0.418 e. The van der Waals surface area contributed by atoms with E-state index in [1.807, 2.05) is 13.8 Å². The molecule has 4 aromatic rings. The van der Waals surface area contributed by atoms with Gasteiger partial charge in [-0.15, -0.1) is 0 Å². The molecular weight excluding hydrogens is 515 g/mol. The number of halogens is 3. The first-order valence-electron chi connectivity index (χ1n) is 12.2. The van der Waals surface area contributed by atoms with E-state index < -0.39 is 21.8 Å². The molecule has 1 aliphatic rings. The van der Waals surface area contributed by atoms with Crippen LogP contribution in [-0.2, 0) is 16.2 Å². The van der Waals surface area contributed by atoms with Crippen molar-refractivity contribution in [2.75, 3.05) is 5.32 Å². The molecule has 1 N–H and O–H groups in total. The van der Waals surface area contributed by atoms with Gasteiger partial charge in [-0.1, -0.05) is 12.5 Å². The van der Waals surface area contributed by atoms with Crippen LogP contribution >= 0.6 is 0 Å². The Morgan fingerprint density at radius 1 is 0.947 bits per heavy atom. The molecule has 0 amide bonds. The zero-order valence-corrected chi connectivity index (χ0v) is 21.6. The molecule has 11 heteroatoms. The molecule has 5 rings (SSSR count). The summed E-state index contributed by atoms with van der Waals surface area (Å²) < 4.78 is 68.6. The van der Waals surface area contributed by atoms with E-state index >= 15 is 0 Å². The normalized spacial score (nSPS) is 19.0. The molecule has 0 aliphatic carbocycles. The number of nitrogens with zero attached hydrogens (tertiary/aromatic N) is 4. The molecule has 0 saturated carbocycles. The molecule has 2 aromatic heterocycles. The van der Waals surface area contributed by atoms with Gasteiger partial charge in [-0.25, -0.2) is 18.4 Å². The molecule has 2 aromatic carbocycles. The summed E-state index contributed by atoms with van der Waals surface area (Å²) in [5, 5.41) is 3.75. The lowest BCUT2D eigenvalue weighted by atomic mass is 10.0. The molecule has 38 heavy (non-hydrogen) atoms. The van der Waals surface area contributed by atoms with Gasteiger partial charge < -0.3 is 5.32 Å². The van der Waals surface area contributed by atoms with Crippen LogP contribution in [-0.4, -0.2) is 39.8 Å². The smallest absolute Gasteiger partial charge is 0.340 e. The van der Waals surface area contributed by atoms with E-state index in [0.717, 1.165) is 25.3 Å². The number of hydrogen-bond donors (Lipinski definition) is 1. The van der Waals surface area contributed by atoms with Gasteiger partial charge in [-0.05, 0) is 75.2 Å². The van der Waals surface area contributed by atoms with E-state index in [1.165, 1.54) is 24.7 Å². The van der Waals surface area contributed by atoms with Crippen LogP contribution in [0.15, 0.2) is 72.0 Å². The van der Waals surface area contributed by atoms with E-state index in [0.29, 0.717) is 22.4 Å². The van der Waals surface area contributed by atoms with Crippen molar-refractivity contribution in [2.24, 2.45) is 0 Å². The maximum Gasteiger partial charge on any atom is 0.418 e. The summed E-state index contributed by atoms with van der Waals surface area (Å²) in [5.74, 6) is 0.437. The Balaban J connectivity index is 1.42. The summed E-state index contributed by atoms with van der Waals surface area (Å²) in [6.45, 7) is 3.87. The van der Waals surface area contributed by atoms with Crippen LogP contribution in [0, 0.1) is 0 Å². The van der Waals surface area contributed by atoms with Crippen molar-refractivity contribution in [3.05, 3.63) is 72.7 Å². The number of pyridine rings is 1. The minimum atomic E-state index is -4.54. The van der Waals surface area contributed by atoms with E-state index in [2.05, 4.69) is 20.3 Å². The van der Waals surface area contributed by atoms with Gasteiger partial charge in [0.25, 0.3) is 0 Å². The zero-order valence-electron chi connectivity index (χ0n) is 20.8. The fourth-order valence-electron chi connectivity index (χ4n) is 5.01. The van der Waals surface area contributed by atoms with Crippen LogP contribution in [0.5, 0.6) is 0 Å². The highest BCUT2D eigenvalue weighted by molar-refractivity contribution is 7.89. The minimum Gasteiger partial charge on any atom is -0.340 e. The van der Waals surface area contributed by atoms with Crippen LogP contribution in [0.25, 0.3) is 22.2 Å². The molecule has 198 valence electrons. The first-order valence-corrected chi connectivity index (χ1v) is 13.7. The van der Waals surface area contributed by atoms with Gasteiger partial charge in [-0.2, -0.15) is 17.5 Å². The minimum absolute atomic E-state index is 0.0582. The Labute approximate surface area is 218 Å². The summed E-state index contributed by atoms with van der Waals surface area (Å²) in [4.78, 5) is 12.7. The lowest BCUT2D eigenvalue weighted by molar-refractivity contribution is -0.137. The first-order chi connectivity index (χ1) is 18.1. The number of rotatable bonds is 5. The Kier molecular flexibility index (Phi) is 6.83. The van der Waals surface area contributed by atoms with Crippen molar-refractivity contribution in [2.45, 2.75) is 56.3 Å². The van der Waals surface area contributed by atoms with Gasteiger partial charge in [0.1, 0.15) is 12.1 Å². The Hall–Kier alpha value is -3.57. The summed E-state index contributed by atoms with van der Waals surface area (Å²) >= 11 is 0. The average Bonchev–Trinajstić information content (AvgIpc) is 2.88. The number of nitrogens with one attached hydrogen (secondary N) is 1. The molecular formula is C27H26F3N5O2S. The molecule has 0 radical (unpaired) electrons. The number of sulfonamides is 1. The van der Waals surface area contributed by atoms with Crippen LogP contribution in [0.3, 0.4) is 0 Å². The van der Waals surface area contributed by atoms with Crippen molar-refractivity contribution in [3.63, 3.8) is 0 Å². The molecule has 0 bridgehead atoms. The molecule has 0 unspecified atom stereocenters. The van der Waals surface area contributed by atoms with Gasteiger partial charge in [-0.3, -0.25) is 4.98 Å². The predicted octanol–water partition coefficient (Wildman–Crippen LogP) is 6.41. The maximum atomic E-state index is 13.5. The standard InChI is InChI=1S/C27H26F3N5O2S/c1-17-5-3-6-18(2)35(17)38(36,37)21-11-9-20(10-12-21)34-26-22-13-8-19(15-24(22)32-16-33-26)25-23(27(28,29)30)7-4-14-31-25/h4,7-18H,3,5-6H2,1-2H3,(H,32,33,34)/t17-,18+. The third-order valence-electron chi connectivity index (χ3n) is 6.83. The van der Waals surface area contributed by atoms with Crippen LogP contribution in [0.4, 0.5) is 24.7 Å². The van der Waals surface area contributed by atoms with E-state index in [-0.39, 0.29) is 28.2 Å².